The van der Waals surface area contributed by atoms with Crippen molar-refractivity contribution in [1.82, 2.24) is 20.6 Å². The molecule has 0 radical (unpaired) electrons. The number of hydrogen-bond acceptors (Lipinski definition) is 11. The van der Waals surface area contributed by atoms with Crippen molar-refractivity contribution in [3.63, 3.8) is 0 Å². The number of aromatic nitrogens is 2. The molecule has 31 heavy (non-hydrogen) atoms. The van der Waals surface area contributed by atoms with Gasteiger partial charge in [-0.3, -0.25) is 24.0 Å². The summed E-state index contributed by atoms with van der Waals surface area (Å²) in [5.41, 5.74) is -2.24. The molecule has 3 heterocycles. The number of rotatable bonds is 8. The van der Waals surface area contributed by atoms with Crippen LogP contribution in [-0.4, -0.2) is 138 Å². The second kappa shape index (κ2) is 11.9. The molecule has 0 saturated carbocycles. The Morgan fingerprint density at radius 3 is 2.55 bits per heavy atom. The third kappa shape index (κ3) is 6.61. The molecule has 0 spiro atoms. The zero-order valence-electron chi connectivity index (χ0n) is 14.5. The van der Waals surface area contributed by atoms with E-state index in [2.05, 4.69) is 15.5 Å². The van der Waals surface area contributed by atoms with Gasteiger partial charge in [-0.15, -0.1) is 10.2 Å². The number of ether oxygens (including phenoxy) is 1. The molecule has 1 aromatic rings. The molecule has 17 heteroatoms. The summed E-state index contributed by atoms with van der Waals surface area (Å²) in [6.45, 7) is -0.316. The van der Waals surface area contributed by atoms with Gasteiger partial charge in [-0.2, -0.15) is 5.06 Å². The van der Waals surface area contributed by atoms with Crippen molar-refractivity contribution in [3.05, 3.63) is 5.01 Å². The van der Waals surface area contributed by atoms with Gasteiger partial charge in [-0.1, -0.05) is 23.1 Å². The summed E-state index contributed by atoms with van der Waals surface area (Å²) in [5, 5.41) is 28.8. The van der Waals surface area contributed by atoms with Gasteiger partial charge in [0.25, 0.3) is 5.91 Å². The second-order valence-corrected chi connectivity index (χ2v) is 8.22. The number of carboxylic acid groups (broad SMARTS) is 2. The van der Waals surface area contributed by atoms with Crippen LogP contribution in [0.1, 0.15) is 17.8 Å². The average Bonchev–Trinajstić information content (AvgIpc) is 3.34. The first-order valence-electron chi connectivity index (χ1n) is 8.10. The monoisotopic (exact) mass is 494 g/mol. The summed E-state index contributed by atoms with van der Waals surface area (Å²) in [6, 6.07) is -1.14. The molecule has 1 aromatic heterocycles. The van der Waals surface area contributed by atoms with E-state index >= 15 is 0 Å². The van der Waals surface area contributed by atoms with E-state index in [-0.39, 0.29) is 90.7 Å². The van der Waals surface area contributed by atoms with Crippen molar-refractivity contribution >= 4 is 112 Å². The van der Waals surface area contributed by atoms with Crippen LogP contribution in [0.15, 0.2) is 4.34 Å². The van der Waals surface area contributed by atoms with Gasteiger partial charge >= 0.3 is 82.7 Å². The Bertz CT molecular complexity index is 886. The fourth-order valence-electron chi connectivity index (χ4n) is 2.61. The molecule has 2 fully saturated rings. The second-order valence-electron chi connectivity index (χ2n) is 5.93. The van der Waals surface area contributed by atoms with E-state index in [1.54, 1.807) is 0 Å². The summed E-state index contributed by atoms with van der Waals surface area (Å²) in [7, 11) is 0. The topological polar surface area (TPSA) is 185 Å². The van der Waals surface area contributed by atoms with Crippen LogP contribution in [0.25, 0.3) is 0 Å². The van der Waals surface area contributed by atoms with Gasteiger partial charge in [0.05, 0.1) is 18.6 Å². The van der Waals surface area contributed by atoms with Crippen LogP contribution >= 0.6 is 23.1 Å². The summed E-state index contributed by atoms with van der Waals surface area (Å²) < 4.78 is 5.21. The number of aliphatic carboxylic acids is 2. The molecule has 0 aromatic carbocycles. The molecule has 13 nitrogen and oxygen atoms in total. The molecule has 2 aliphatic heterocycles. The predicted molar refractivity (Wildman–Crippen MR) is 107 cm³/mol. The first-order chi connectivity index (χ1) is 13.7. The van der Waals surface area contributed by atoms with Crippen LogP contribution < -0.4 is 5.32 Å². The Morgan fingerprint density at radius 1 is 1.26 bits per heavy atom. The normalized spacial score (nSPS) is 22.3. The average molecular weight is 494 g/mol. The van der Waals surface area contributed by atoms with Gasteiger partial charge in [-0.05, 0) is 0 Å². The van der Waals surface area contributed by atoms with Crippen molar-refractivity contribution in [3.8, 4) is 0 Å². The Kier molecular flexibility index (Phi) is 10.8. The Morgan fingerprint density at radius 2 is 1.97 bits per heavy atom. The van der Waals surface area contributed by atoms with E-state index in [0.29, 0.717) is 14.4 Å². The Balaban J connectivity index is 0.00000240. The minimum absolute atomic E-state index is 0. The minimum atomic E-state index is -2.24. The quantitative estimate of drug-likeness (QED) is 0.194. The van der Waals surface area contributed by atoms with E-state index in [1.807, 2.05) is 0 Å². The Labute approximate surface area is 227 Å². The first-order valence-corrected chi connectivity index (χ1v) is 9.90. The number of cyclic esters (lactones) is 1. The van der Waals surface area contributed by atoms with Crippen LogP contribution in [0.5, 0.6) is 0 Å². The zero-order chi connectivity index (χ0) is 21.2. The van der Waals surface area contributed by atoms with Crippen LogP contribution in [0, 0.1) is 0 Å². The number of hydroxylamine groups is 2. The number of carbonyl (C=O) groups is 5. The van der Waals surface area contributed by atoms with Crippen LogP contribution in [0.2, 0.25) is 0 Å². The number of hydrogen-bond donors (Lipinski definition) is 3. The third-order valence-corrected chi connectivity index (χ3v) is 5.95. The van der Waals surface area contributed by atoms with Crippen molar-refractivity contribution in [1.29, 1.82) is 0 Å². The van der Waals surface area contributed by atoms with E-state index in [9.17, 15) is 29.1 Å². The SMILES string of the molecule is O=C(O)Cc1nnc(SCC(=O)N[C@H]2CON(C3(C(=O)O)CCC(=O)O3)C2=O)s1.[NaH].[NaH]. The van der Waals surface area contributed by atoms with Crippen LogP contribution in [0.4, 0.5) is 0 Å². The molecule has 0 aliphatic carbocycles. The summed E-state index contributed by atoms with van der Waals surface area (Å²) in [6.07, 6.45) is -0.720. The maximum atomic E-state index is 12.5. The maximum absolute atomic E-state index is 12.5. The first kappa shape index (κ1) is 28.3. The van der Waals surface area contributed by atoms with Crippen molar-refractivity contribution in [2.45, 2.75) is 35.4 Å². The van der Waals surface area contributed by atoms with Crippen molar-refractivity contribution < 1.29 is 43.8 Å². The van der Waals surface area contributed by atoms with E-state index in [4.69, 9.17) is 14.7 Å². The summed E-state index contributed by atoms with van der Waals surface area (Å²) >= 11 is 2.04. The van der Waals surface area contributed by atoms with Gasteiger partial charge in [-0.25, -0.2) is 4.79 Å². The van der Waals surface area contributed by atoms with Crippen LogP contribution in [0.3, 0.4) is 0 Å². The number of carboxylic acids is 2. The van der Waals surface area contributed by atoms with Gasteiger partial charge in [0, 0.05) is 6.42 Å². The number of carbonyl (C=O) groups excluding carboxylic acids is 3. The number of esters is 1. The number of amides is 2. The molecular formula is C14H16N4Na2O9S2. The fourth-order valence-corrected chi connectivity index (χ4v) is 4.31. The van der Waals surface area contributed by atoms with Gasteiger partial charge in [0.1, 0.15) is 17.7 Å². The molecule has 2 amide bonds. The molecule has 2 saturated heterocycles. The molecule has 3 N–H and O–H groups in total. The molecule has 0 bridgehead atoms. The molecule has 2 atom stereocenters. The molecule has 160 valence electrons. The number of nitrogens with zero attached hydrogens (tertiary/aromatic N) is 3. The van der Waals surface area contributed by atoms with Crippen LogP contribution in [-0.2, 0) is 40.0 Å². The van der Waals surface area contributed by atoms with Crippen molar-refractivity contribution in [2.75, 3.05) is 12.4 Å². The van der Waals surface area contributed by atoms with Gasteiger partial charge in [0.2, 0.25) is 5.91 Å². The van der Waals surface area contributed by atoms with E-state index in [0.717, 1.165) is 23.1 Å². The van der Waals surface area contributed by atoms with E-state index < -0.39 is 41.5 Å². The number of nitrogens with one attached hydrogen (secondary N) is 1. The molecular weight excluding hydrogens is 478 g/mol. The summed E-state index contributed by atoms with van der Waals surface area (Å²) in [5.74, 6) is -4.90. The van der Waals surface area contributed by atoms with Crippen molar-refractivity contribution in [2.24, 2.45) is 0 Å². The molecule has 2 aliphatic rings. The fraction of sp³-hybridized carbons (Fsp3) is 0.500. The van der Waals surface area contributed by atoms with E-state index in [1.165, 1.54) is 0 Å². The standard InChI is InChI=1S/C14H14N4O9S2.2Na.2H/c19-7(5-28-13-17-16-8(29-13)3-9(20)21)15-6-4-26-18(11(6)23)14(12(24)25)2-1-10(22)27-14;;;;/h6H,1-5H2,(H,15,19)(H,20,21)(H,24,25);;;;/t6-,14?;;;;/m0..../s1. The summed E-state index contributed by atoms with van der Waals surface area (Å²) in [4.78, 5) is 63.2. The third-order valence-electron chi connectivity index (χ3n) is 3.89. The number of thioether (sulfide) groups is 1. The predicted octanol–water partition coefficient (Wildman–Crippen LogP) is -2.66. The zero-order valence-corrected chi connectivity index (χ0v) is 16.2. The molecule has 3 rings (SSSR count). The van der Waals surface area contributed by atoms with Gasteiger partial charge < -0.3 is 20.3 Å². The molecule has 1 unspecified atom stereocenters. The van der Waals surface area contributed by atoms with Gasteiger partial charge in [0.15, 0.2) is 4.34 Å². The Hall–Kier alpha value is -0.780.